The van der Waals surface area contributed by atoms with Gasteiger partial charge < -0.3 is 4.74 Å². The standard InChI is InChI=1S/C26H30ClN3O4S2/c1-17-7-9-22(10-8-17)36(32,33)29-11-3-5-19(15-29)25(31)30(16-21-6-4-12-34-21)26-28-24-18(2)13-20(27)14-23(24)35-26/h7-10,13-14,19,21H,3-6,11-12,15-16H2,1-2H3. The van der Waals surface area contributed by atoms with Crippen molar-refractivity contribution < 1.29 is 17.9 Å². The Hall–Kier alpha value is -2.04. The molecule has 5 rings (SSSR count). The highest BCUT2D eigenvalue weighted by Gasteiger charge is 2.37. The van der Waals surface area contributed by atoms with Crippen LogP contribution >= 0.6 is 22.9 Å². The van der Waals surface area contributed by atoms with Crippen molar-refractivity contribution in [3.8, 4) is 0 Å². The summed E-state index contributed by atoms with van der Waals surface area (Å²) in [6.07, 6.45) is 3.06. The van der Waals surface area contributed by atoms with Gasteiger partial charge in [-0.2, -0.15) is 4.31 Å². The van der Waals surface area contributed by atoms with E-state index in [0.29, 0.717) is 42.7 Å². The molecule has 0 saturated carbocycles. The van der Waals surface area contributed by atoms with Crippen molar-refractivity contribution in [1.82, 2.24) is 9.29 Å². The minimum absolute atomic E-state index is 0.0540. The summed E-state index contributed by atoms with van der Waals surface area (Å²) in [6, 6.07) is 10.6. The Balaban J connectivity index is 1.43. The van der Waals surface area contributed by atoms with Gasteiger partial charge in [-0.25, -0.2) is 13.4 Å². The average Bonchev–Trinajstić information content (AvgIpc) is 3.52. The quantitative estimate of drug-likeness (QED) is 0.425. The second-order valence-electron chi connectivity index (χ2n) is 9.66. The van der Waals surface area contributed by atoms with Crippen LogP contribution in [0.4, 0.5) is 5.13 Å². The molecule has 36 heavy (non-hydrogen) atoms. The normalized spacial score (nSPS) is 21.2. The van der Waals surface area contributed by atoms with Crippen molar-refractivity contribution in [2.24, 2.45) is 5.92 Å². The zero-order valence-electron chi connectivity index (χ0n) is 20.4. The topological polar surface area (TPSA) is 79.8 Å². The minimum Gasteiger partial charge on any atom is -0.376 e. The van der Waals surface area contributed by atoms with Crippen molar-refractivity contribution in [2.45, 2.75) is 50.5 Å². The van der Waals surface area contributed by atoms with Gasteiger partial charge in [0.15, 0.2) is 5.13 Å². The predicted molar refractivity (Wildman–Crippen MR) is 143 cm³/mol. The van der Waals surface area contributed by atoms with E-state index in [1.165, 1.54) is 15.6 Å². The molecule has 2 aromatic carbocycles. The van der Waals surface area contributed by atoms with E-state index in [9.17, 15) is 13.2 Å². The summed E-state index contributed by atoms with van der Waals surface area (Å²) in [7, 11) is -3.68. The molecular formula is C26H30ClN3O4S2. The Kier molecular flexibility index (Phi) is 7.38. The first-order chi connectivity index (χ1) is 17.2. The fraction of sp³-hybridized carbons (Fsp3) is 0.462. The maximum atomic E-state index is 14.0. The van der Waals surface area contributed by atoms with Crippen LogP contribution in [-0.2, 0) is 19.6 Å². The van der Waals surface area contributed by atoms with Gasteiger partial charge in [-0.3, -0.25) is 9.69 Å². The minimum atomic E-state index is -3.68. The molecular weight excluding hydrogens is 518 g/mol. The van der Waals surface area contributed by atoms with Gasteiger partial charge in [0, 0.05) is 24.7 Å². The number of carbonyl (C=O) groups is 1. The van der Waals surface area contributed by atoms with Crippen molar-refractivity contribution in [2.75, 3.05) is 31.1 Å². The number of carbonyl (C=O) groups excluding carboxylic acids is 1. The number of halogens is 1. The molecule has 0 aliphatic carbocycles. The lowest BCUT2D eigenvalue weighted by atomic mass is 9.98. The maximum absolute atomic E-state index is 14.0. The van der Waals surface area contributed by atoms with Crippen molar-refractivity contribution in [3.63, 3.8) is 0 Å². The molecule has 7 nitrogen and oxygen atoms in total. The van der Waals surface area contributed by atoms with Crippen LogP contribution in [0, 0.1) is 19.8 Å². The maximum Gasteiger partial charge on any atom is 0.243 e. The fourth-order valence-corrected chi connectivity index (χ4v) is 7.91. The molecule has 3 aromatic rings. The number of hydrogen-bond donors (Lipinski definition) is 0. The van der Waals surface area contributed by atoms with Crippen LogP contribution < -0.4 is 4.90 Å². The van der Waals surface area contributed by atoms with Crippen LogP contribution in [0.5, 0.6) is 0 Å². The highest BCUT2D eigenvalue weighted by atomic mass is 35.5. The van der Waals surface area contributed by atoms with Crippen LogP contribution in [-0.4, -0.2) is 56.0 Å². The molecule has 2 aliphatic heterocycles. The fourth-order valence-electron chi connectivity index (χ4n) is 4.95. The molecule has 0 bridgehead atoms. The number of piperidine rings is 1. The zero-order valence-corrected chi connectivity index (χ0v) is 22.8. The molecule has 0 N–H and O–H groups in total. The summed E-state index contributed by atoms with van der Waals surface area (Å²) in [4.78, 5) is 20.8. The molecule has 1 amide bonds. The predicted octanol–water partition coefficient (Wildman–Crippen LogP) is 5.18. The van der Waals surface area contributed by atoms with E-state index >= 15 is 0 Å². The third kappa shape index (κ3) is 5.17. The van der Waals surface area contributed by atoms with E-state index < -0.39 is 15.9 Å². The number of sulfonamides is 1. The largest absolute Gasteiger partial charge is 0.376 e. The Morgan fingerprint density at radius 1 is 1.19 bits per heavy atom. The Bertz CT molecular complexity index is 1370. The summed E-state index contributed by atoms with van der Waals surface area (Å²) in [5, 5.41) is 1.24. The number of fused-ring (bicyclic) bond motifs is 1. The van der Waals surface area contributed by atoms with Gasteiger partial charge in [0.2, 0.25) is 15.9 Å². The molecule has 1 aromatic heterocycles. The van der Waals surface area contributed by atoms with Crippen molar-refractivity contribution in [3.05, 3.63) is 52.5 Å². The Morgan fingerprint density at radius 3 is 2.69 bits per heavy atom. The number of hydrogen-bond acceptors (Lipinski definition) is 6. The van der Waals surface area contributed by atoms with Crippen LogP contribution in [0.2, 0.25) is 5.02 Å². The third-order valence-electron chi connectivity index (χ3n) is 6.94. The molecule has 0 radical (unpaired) electrons. The second-order valence-corrected chi connectivity index (χ2v) is 13.0. The number of rotatable bonds is 6. The van der Waals surface area contributed by atoms with Gasteiger partial charge in [-0.05, 0) is 69.4 Å². The molecule has 2 aliphatic rings. The molecule has 3 heterocycles. The number of nitrogens with zero attached hydrogens (tertiary/aromatic N) is 3. The van der Waals surface area contributed by atoms with E-state index in [1.807, 2.05) is 26.0 Å². The van der Waals surface area contributed by atoms with Gasteiger partial charge in [0.05, 0.1) is 33.7 Å². The van der Waals surface area contributed by atoms with E-state index in [4.69, 9.17) is 21.3 Å². The Morgan fingerprint density at radius 2 is 1.97 bits per heavy atom. The lowest BCUT2D eigenvalue weighted by molar-refractivity contribution is -0.123. The monoisotopic (exact) mass is 547 g/mol. The van der Waals surface area contributed by atoms with Gasteiger partial charge in [0.25, 0.3) is 0 Å². The highest BCUT2D eigenvalue weighted by molar-refractivity contribution is 7.89. The average molecular weight is 548 g/mol. The van der Waals surface area contributed by atoms with Gasteiger partial charge >= 0.3 is 0 Å². The first-order valence-corrected chi connectivity index (χ1v) is 14.9. The molecule has 2 unspecified atom stereocenters. The van der Waals surface area contributed by atoms with Crippen LogP contribution in [0.3, 0.4) is 0 Å². The Labute approximate surface area is 221 Å². The van der Waals surface area contributed by atoms with Crippen LogP contribution in [0.1, 0.15) is 36.8 Å². The highest BCUT2D eigenvalue weighted by Crippen LogP contribution is 2.35. The van der Waals surface area contributed by atoms with Crippen LogP contribution in [0.15, 0.2) is 41.3 Å². The summed E-state index contributed by atoms with van der Waals surface area (Å²) in [5.41, 5.74) is 2.78. The van der Waals surface area contributed by atoms with Gasteiger partial charge in [-0.1, -0.05) is 40.6 Å². The molecule has 192 valence electrons. The number of amides is 1. The summed E-state index contributed by atoms with van der Waals surface area (Å²) in [5.74, 6) is -0.547. The number of aryl methyl sites for hydroxylation is 2. The molecule has 0 spiro atoms. The summed E-state index contributed by atoms with van der Waals surface area (Å²) >= 11 is 7.70. The molecule has 10 heteroatoms. The lowest BCUT2D eigenvalue weighted by Crippen LogP contribution is -2.48. The smallest absolute Gasteiger partial charge is 0.243 e. The number of aromatic nitrogens is 1. The third-order valence-corrected chi connectivity index (χ3v) is 10.1. The number of anilines is 1. The number of thiazole rings is 1. The summed E-state index contributed by atoms with van der Waals surface area (Å²) in [6.45, 7) is 5.54. The molecule has 2 atom stereocenters. The van der Waals surface area contributed by atoms with E-state index in [2.05, 4.69) is 0 Å². The van der Waals surface area contributed by atoms with E-state index in [0.717, 1.165) is 34.2 Å². The second kappa shape index (κ2) is 10.4. The number of ether oxygens (including phenoxy) is 1. The van der Waals surface area contributed by atoms with Gasteiger partial charge in [0.1, 0.15) is 0 Å². The molecule has 2 fully saturated rings. The number of benzene rings is 2. The van der Waals surface area contributed by atoms with Crippen LogP contribution in [0.25, 0.3) is 10.2 Å². The first-order valence-electron chi connectivity index (χ1n) is 12.3. The van der Waals surface area contributed by atoms with E-state index in [1.54, 1.807) is 29.2 Å². The van der Waals surface area contributed by atoms with Crippen molar-refractivity contribution in [1.29, 1.82) is 0 Å². The first kappa shape index (κ1) is 25.6. The van der Waals surface area contributed by atoms with E-state index in [-0.39, 0.29) is 23.5 Å². The lowest BCUT2D eigenvalue weighted by Gasteiger charge is -2.34. The zero-order chi connectivity index (χ0) is 25.4. The summed E-state index contributed by atoms with van der Waals surface area (Å²) < 4.78 is 34.9. The van der Waals surface area contributed by atoms with Gasteiger partial charge in [-0.15, -0.1) is 0 Å². The van der Waals surface area contributed by atoms with Crippen molar-refractivity contribution >= 4 is 54.2 Å². The SMILES string of the molecule is Cc1ccc(S(=O)(=O)N2CCCC(C(=O)N(CC3CCCO3)c3nc4c(C)cc(Cl)cc4s3)C2)cc1. The molecule has 2 saturated heterocycles.